The minimum atomic E-state index is -1.40. The summed E-state index contributed by atoms with van der Waals surface area (Å²) in [6.45, 7) is 7.75. The van der Waals surface area contributed by atoms with Gasteiger partial charge in [-0.05, 0) is 33.3 Å². The molecule has 1 aliphatic heterocycles. The predicted octanol–water partition coefficient (Wildman–Crippen LogP) is 2.67. The average Bonchev–Trinajstić information content (AvgIpc) is 2.94. The fraction of sp³-hybridized carbons (Fsp3) is 0.526. The maximum absolute atomic E-state index is 12.2. The number of nitrogens with one attached hydrogen (secondary N) is 1. The second-order valence-electron chi connectivity index (χ2n) is 7.82. The standard InChI is InChI=1S/C19H26N2O4/c1-12-6-5-7-13-14(10-20-16(12)13)19(24)8-9-21(11-15(19)22)17(23)25-18(2,3)4/h5-7,10,15,20,22,24H,8-9,11H2,1-4H3/t15-,19?/m1/s1. The van der Waals surface area contributed by atoms with Crippen molar-refractivity contribution in [2.75, 3.05) is 13.1 Å². The van der Waals surface area contributed by atoms with Crippen LogP contribution in [0.1, 0.15) is 38.3 Å². The second-order valence-corrected chi connectivity index (χ2v) is 7.82. The number of carbonyl (C=O) groups is 1. The zero-order valence-corrected chi connectivity index (χ0v) is 15.2. The number of carbonyl (C=O) groups excluding carboxylic acids is 1. The Balaban J connectivity index is 1.84. The number of para-hydroxylation sites is 1. The number of likely N-dealkylation sites (tertiary alicyclic amines) is 1. The van der Waals surface area contributed by atoms with E-state index < -0.39 is 23.4 Å². The molecule has 136 valence electrons. The van der Waals surface area contributed by atoms with Gasteiger partial charge in [-0.3, -0.25) is 0 Å². The quantitative estimate of drug-likeness (QED) is 0.741. The maximum atomic E-state index is 12.2. The van der Waals surface area contributed by atoms with Gasteiger partial charge in [-0.25, -0.2) is 4.79 Å². The molecule has 3 N–H and O–H groups in total. The lowest BCUT2D eigenvalue weighted by Crippen LogP contribution is -2.55. The molecule has 6 nitrogen and oxygen atoms in total. The molecule has 6 heteroatoms. The predicted molar refractivity (Wildman–Crippen MR) is 95.4 cm³/mol. The summed E-state index contributed by atoms with van der Waals surface area (Å²) >= 11 is 0. The van der Waals surface area contributed by atoms with Crippen LogP contribution in [-0.4, -0.2) is 51.0 Å². The highest BCUT2D eigenvalue weighted by molar-refractivity contribution is 5.86. The largest absolute Gasteiger partial charge is 0.444 e. The van der Waals surface area contributed by atoms with Crippen molar-refractivity contribution in [1.82, 2.24) is 9.88 Å². The number of hydrogen-bond donors (Lipinski definition) is 3. The van der Waals surface area contributed by atoms with Crippen molar-refractivity contribution >= 4 is 17.0 Å². The van der Waals surface area contributed by atoms with E-state index in [2.05, 4.69) is 4.98 Å². The van der Waals surface area contributed by atoms with Crippen LogP contribution in [0.25, 0.3) is 10.9 Å². The SMILES string of the molecule is Cc1cccc2c(C3(O)CCN(C(=O)OC(C)(C)C)C[C@H]3O)c[nH]c12. The van der Waals surface area contributed by atoms with E-state index >= 15 is 0 Å². The van der Waals surface area contributed by atoms with Crippen LogP contribution < -0.4 is 0 Å². The van der Waals surface area contributed by atoms with Gasteiger partial charge in [0.15, 0.2) is 0 Å². The van der Waals surface area contributed by atoms with E-state index in [1.165, 1.54) is 4.90 Å². The highest BCUT2D eigenvalue weighted by atomic mass is 16.6. The van der Waals surface area contributed by atoms with Gasteiger partial charge < -0.3 is 24.8 Å². The fourth-order valence-corrected chi connectivity index (χ4v) is 3.39. The number of rotatable bonds is 1. The number of hydrogen-bond acceptors (Lipinski definition) is 4. The van der Waals surface area contributed by atoms with Crippen LogP contribution in [0.2, 0.25) is 0 Å². The van der Waals surface area contributed by atoms with E-state index in [1.807, 2.05) is 25.1 Å². The van der Waals surface area contributed by atoms with E-state index in [1.54, 1.807) is 27.0 Å². The van der Waals surface area contributed by atoms with E-state index in [-0.39, 0.29) is 13.0 Å². The van der Waals surface area contributed by atoms with Crippen molar-refractivity contribution in [3.8, 4) is 0 Å². The summed E-state index contributed by atoms with van der Waals surface area (Å²) in [5.41, 5.74) is 0.706. The first-order valence-corrected chi connectivity index (χ1v) is 8.57. The summed E-state index contributed by atoms with van der Waals surface area (Å²) < 4.78 is 5.36. The third-order valence-electron chi connectivity index (χ3n) is 4.75. The summed E-state index contributed by atoms with van der Waals surface area (Å²) in [4.78, 5) is 16.9. The molecule has 1 saturated heterocycles. The van der Waals surface area contributed by atoms with Crippen LogP contribution in [0.3, 0.4) is 0 Å². The number of benzene rings is 1. The Kier molecular flexibility index (Phi) is 4.29. The molecule has 1 aromatic heterocycles. The minimum absolute atomic E-state index is 0.0316. The Morgan fingerprint density at radius 1 is 1.40 bits per heavy atom. The number of aliphatic hydroxyl groups excluding tert-OH is 1. The maximum Gasteiger partial charge on any atom is 0.410 e. The Morgan fingerprint density at radius 2 is 2.12 bits per heavy atom. The molecule has 2 heterocycles. The summed E-state index contributed by atoms with van der Waals surface area (Å²) in [5.74, 6) is 0. The number of β-amino-alcohol motifs (C(OH)–C–C–N with tert-alkyl or cyclic N) is 1. The molecular formula is C19H26N2O4. The first-order chi connectivity index (χ1) is 11.6. The molecule has 1 unspecified atom stereocenters. The first-order valence-electron chi connectivity index (χ1n) is 8.57. The molecule has 0 aliphatic carbocycles. The van der Waals surface area contributed by atoms with Crippen LogP contribution in [0.15, 0.2) is 24.4 Å². The molecule has 0 spiro atoms. The van der Waals surface area contributed by atoms with E-state index in [0.29, 0.717) is 12.1 Å². The first kappa shape index (κ1) is 17.8. The van der Waals surface area contributed by atoms with Crippen molar-refractivity contribution in [3.05, 3.63) is 35.5 Å². The number of aliphatic hydroxyl groups is 2. The van der Waals surface area contributed by atoms with Crippen molar-refractivity contribution in [3.63, 3.8) is 0 Å². The summed E-state index contributed by atoms with van der Waals surface area (Å²) in [6, 6.07) is 5.86. The Hall–Kier alpha value is -2.05. The van der Waals surface area contributed by atoms with E-state index in [0.717, 1.165) is 16.5 Å². The number of aryl methyl sites for hydroxylation is 1. The third kappa shape index (κ3) is 3.24. The number of aromatic nitrogens is 1. The summed E-state index contributed by atoms with van der Waals surface area (Å²) in [7, 11) is 0. The number of aromatic amines is 1. The molecule has 1 aromatic carbocycles. The van der Waals surface area contributed by atoms with Crippen LogP contribution in [0, 0.1) is 6.92 Å². The Morgan fingerprint density at radius 3 is 2.76 bits per heavy atom. The number of ether oxygens (including phenoxy) is 1. The van der Waals surface area contributed by atoms with Crippen molar-refractivity contribution in [2.24, 2.45) is 0 Å². The molecule has 3 rings (SSSR count). The highest BCUT2D eigenvalue weighted by Crippen LogP contribution is 2.38. The monoisotopic (exact) mass is 346 g/mol. The van der Waals surface area contributed by atoms with Gasteiger partial charge in [0.2, 0.25) is 0 Å². The van der Waals surface area contributed by atoms with Gasteiger partial charge in [0, 0.05) is 35.6 Å². The Labute approximate surface area is 147 Å². The van der Waals surface area contributed by atoms with Crippen LogP contribution in [0.5, 0.6) is 0 Å². The molecule has 2 atom stereocenters. The molecule has 1 fully saturated rings. The topological polar surface area (TPSA) is 85.8 Å². The lowest BCUT2D eigenvalue weighted by Gasteiger charge is -2.42. The van der Waals surface area contributed by atoms with Gasteiger partial charge in [-0.2, -0.15) is 0 Å². The van der Waals surface area contributed by atoms with Gasteiger partial charge in [0.25, 0.3) is 0 Å². The lowest BCUT2D eigenvalue weighted by atomic mass is 9.82. The smallest absolute Gasteiger partial charge is 0.410 e. The zero-order valence-electron chi connectivity index (χ0n) is 15.2. The van der Waals surface area contributed by atoms with Crippen LogP contribution in [0.4, 0.5) is 4.79 Å². The normalized spacial score (nSPS) is 24.6. The lowest BCUT2D eigenvalue weighted by molar-refractivity contribution is -0.122. The van der Waals surface area contributed by atoms with Crippen molar-refractivity contribution in [1.29, 1.82) is 0 Å². The summed E-state index contributed by atoms with van der Waals surface area (Å²) in [5, 5.41) is 22.7. The Bertz CT molecular complexity index is 792. The van der Waals surface area contributed by atoms with Crippen molar-refractivity contribution < 1.29 is 19.7 Å². The second kappa shape index (κ2) is 6.04. The van der Waals surface area contributed by atoms with Gasteiger partial charge in [-0.1, -0.05) is 18.2 Å². The number of amides is 1. The number of fused-ring (bicyclic) bond motifs is 1. The molecule has 0 bridgehead atoms. The molecule has 0 saturated carbocycles. The number of H-pyrrole nitrogens is 1. The van der Waals surface area contributed by atoms with Crippen molar-refractivity contribution in [2.45, 2.75) is 51.4 Å². The molecule has 0 radical (unpaired) electrons. The molecule has 1 amide bonds. The zero-order chi connectivity index (χ0) is 18.4. The van der Waals surface area contributed by atoms with E-state index in [4.69, 9.17) is 4.74 Å². The van der Waals surface area contributed by atoms with Gasteiger partial charge >= 0.3 is 6.09 Å². The minimum Gasteiger partial charge on any atom is -0.444 e. The van der Waals surface area contributed by atoms with Gasteiger partial charge in [0.1, 0.15) is 17.3 Å². The molecule has 2 aromatic rings. The average molecular weight is 346 g/mol. The molecule has 25 heavy (non-hydrogen) atoms. The number of nitrogens with zero attached hydrogens (tertiary/aromatic N) is 1. The highest BCUT2D eigenvalue weighted by Gasteiger charge is 2.45. The van der Waals surface area contributed by atoms with E-state index in [9.17, 15) is 15.0 Å². The van der Waals surface area contributed by atoms with Gasteiger partial charge in [0.05, 0.1) is 6.54 Å². The summed E-state index contributed by atoms with van der Waals surface area (Å²) in [6.07, 6.45) is 0.440. The van der Waals surface area contributed by atoms with Gasteiger partial charge in [-0.15, -0.1) is 0 Å². The fourth-order valence-electron chi connectivity index (χ4n) is 3.39. The molecule has 1 aliphatic rings. The third-order valence-corrected chi connectivity index (χ3v) is 4.75. The van der Waals surface area contributed by atoms with Crippen LogP contribution >= 0.6 is 0 Å². The molecular weight excluding hydrogens is 320 g/mol. The number of piperidine rings is 1. The van der Waals surface area contributed by atoms with Crippen LogP contribution in [-0.2, 0) is 10.3 Å².